The molecule has 0 spiro atoms. The summed E-state index contributed by atoms with van der Waals surface area (Å²) in [4.78, 5) is 11.8. The van der Waals surface area contributed by atoms with Crippen LogP contribution in [-0.4, -0.2) is 12.6 Å². The molecule has 0 N–H and O–H groups in total. The molecule has 0 fully saturated rings. The lowest BCUT2D eigenvalue weighted by Gasteiger charge is -2.11. The minimum absolute atomic E-state index is 0.311. The van der Waals surface area contributed by atoms with Crippen LogP contribution in [0.3, 0.4) is 0 Å². The lowest BCUT2D eigenvalue weighted by molar-refractivity contribution is -0.137. The van der Waals surface area contributed by atoms with Crippen LogP contribution in [0.5, 0.6) is 0 Å². The average molecular weight is 266 g/mol. The molecule has 2 nitrogen and oxygen atoms in total. The van der Waals surface area contributed by atoms with Gasteiger partial charge in [0.15, 0.2) is 0 Å². The number of carbonyl (C=O) groups is 1. The van der Waals surface area contributed by atoms with Crippen LogP contribution in [0.2, 0.25) is 0 Å². The average Bonchev–Trinajstić information content (AvgIpc) is 2.47. The van der Waals surface area contributed by atoms with Crippen LogP contribution in [0.4, 0.5) is 0 Å². The molecule has 0 aliphatic carbocycles. The van der Waals surface area contributed by atoms with E-state index in [0.717, 1.165) is 22.3 Å². The fourth-order valence-corrected chi connectivity index (χ4v) is 2.11. The van der Waals surface area contributed by atoms with E-state index in [1.165, 1.54) is 0 Å². The maximum absolute atomic E-state index is 11.8. The molecule has 0 saturated heterocycles. The molecule has 0 aromatic heterocycles. The van der Waals surface area contributed by atoms with Gasteiger partial charge in [0.1, 0.15) is 0 Å². The molecular weight excluding hydrogens is 248 g/mol. The highest BCUT2D eigenvalue weighted by Gasteiger charge is 2.10. The first-order valence-corrected chi connectivity index (χ1v) is 6.72. The Labute approximate surface area is 119 Å². The molecule has 102 valence electrons. The minimum Gasteiger partial charge on any atom is -0.463 e. The molecule has 0 atom stereocenters. The Bertz CT molecular complexity index is 612. The maximum atomic E-state index is 11.8. The second-order valence-corrected chi connectivity index (χ2v) is 4.49. The molecule has 0 saturated carbocycles. The van der Waals surface area contributed by atoms with Crippen molar-refractivity contribution in [2.75, 3.05) is 6.61 Å². The zero-order valence-corrected chi connectivity index (χ0v) is 11.8. The van der Waals surface area contributed by atoms with Gasteiger partial charge in [-0.3, -0.25) is 0 Å². The fraction of sp³-hybridized carbons (Fsp3) is 0.167. The van der Waals surface area contributed by atoms with Crippen molar-refractivity contribution >= 4 is 11.5 Å². The van der Waals surface area contributed by atoms with Gasteiger partial charge in [-0.05, 0) is 36.1 Å². The smallest absolute Gasteiger partial charge is 0.331 e. The van der Waals surface area contributed by atoms with E-state index in [0.29, 0.717) is 6.61 Å². The Morgan fingerprint density at radius 3 is 2.35 bits per heavy atom. The third kappa shape index (κ3) is 3.35. The first-order valence-electron chi connectivity index (χ1n) is 6.72. The number of esters is 1. The molecule has 0 unspecified atom stereocenters. The van der Waals surface area contributed by atoms with Crippen LogP contribution in [0.15, 0.2) is 60.7 Å². The van der Waals surface area contributed by atoms with E-state index < -0.39 is 0 Å². The Kier molecular flexibility index (Phi) is 4.72. The van der Waals surface area contributed by atoms with Gasteiger partial charge >= 0.3 is 5.97 Å². The topological polar surface area (TPSA) is 26.3 Å². The molecular formula is C18H18O2. The van der Waals surface area contributed by atoms with Gasteiger partial charge in [0, 0.05) is 6.08 Å². The monoisotopic (exact) mass is 266 g/mol. The molecule has 2 rings (SSSR count). The van der Waals surface area contributed by atoms with Crippen LogP contribution in [-0.2, 0) is 9.53 Å². The highest BCUT2D eigenvalue weighted by atomic mass is 16.5. The first kappa shape index (κ1) is 14.1. The van der Waals surface area contributed by atoms with Gasteiger partial charge in [-0.15, -0.1) is 0 Å². The number of aryl methyl sites for hydroxylation is 1. The van der Waals surface area contributed by atoms with E-state index in [-0.39, 0.29) is 5.97 Å². The molecule has 0 aliphatic rings. The Hall–Kier alpha value is -2.35. The molecule has 0 amide bonds. The summed E-state index contributed by atoms with van der Waals surface area (Å²) >= 11 is 0. The van der Waals surface area contributed by atoms with Crippen molar-refractivity contribution in [3.05, 3.63) is 77.4 Å². The molecule has 0 heterocycles. The molecule has 20 heavy (non-hydrogen) atoms. The lowest BCUT2D eigenvalue weighted by Crippen LogP contribution is -2.02. The Morgan fingerprint density at radius 1 is 1.05 bits per heavy atom. The number of carbonyl (C=O) groups excluding carboxylic acids is 1. The molecule has 0 radical (unpaired) electrons. The summed E-state index contributed by atoms with van der Waals surface area (Å²) in [6.45, 7) is 4.23. The van der Waals surface area contributed by atoms with Crippen molar-refractivity contribution in [2.24, 2.45) is 0 Å². The molecule has 0 bridgehead atoms. The molecule has 2 aromatic carbocycles. The number of rotatable bonds is 4. The van der Waals surface area contributed by atoms with Gasteiger partial charge < -0.3 is 4.74 Å². The van der Waals surface area contributed by atoms with Crippen molar-refractivity contribution in [3.63, 3.8) is 0 Å². The standard InChI is InChI=1S/C18H18O2/c1-3-20-18(19)13-17(15-10-5-4-6-11-15)16-12-8-7-9-14(16)2/h4-13H,3H2,1-2H3/b17-13-. The Morgan fingerprint density at radius 2 is 1.70 bits per heavy atom. The normalized spacial score (nSPS) is 11.2. The number of benzene rings is 2. The summed E-state index contributed by atoms with van der Waals surface area (Å²) < 4.78 is 5.04. The number of ether oxygens (including phenoxy) is 1. The van der Waals surface area contributed by atoms with Crippen LogP contribution in [0, 0.1) is 6.92 Å². The van der Waals surface area contributed by atoms with E-state index in [9.17, 15) is 4.79 Å². The van der Waals surface area contributed by atoms with Gasteiger partial charge in [-0.1, -0.05) is 54.6 Å². The molecule has 2 heteroatoms. The van der Waals surface area contributed by atoms with Gasteiger partial charge in [0.05, 0.1) is 6.61 Å². The first-order chi connectivity index (χ1) is 9.72. The van der Waals surface area contributed by atoms with E-state index in [1.807, 2.05) is 68.4 Å². The van der Waals surface area contributed by atoms with Crippen LogP contribution >= 0.6 is 0 Å². The van der Waals surface area contributed by atoms with E-state index >= 15 is 0 Å². The second kappa shape index (κ2) is 6.71. The third-order valence-corrected chi connectivity index (χ3v) is 3.07. The predicted octanol–water partition coefficient (Wildman–Crippen LogP) is 3.99. The summed E-state index contributed by atoms with van der Waals surface area (Å²) in [5.74, 6) is -0.311. The minimum atomic E-state index is -0.311. The fourth-order valence-electron chi connectivity index (χ4n) is 2.11. The van der Waals surface area contributed by atoms with Crippen LogP contribution in [0.1, 0.15) is 23.6 Å². The summed E-state index contributed by atoms with van der Waals surface area (Å²) in [5, 5.41) is 0. The predicted molar refractivity (Wildman–Crippen MR) is 81.3 cm³/mol. The lowest BCUT2D eigenvalue weighted by atomic mass is 9.94. The Balaban J connectivity index is 2.51. The SMILES string of the molecule is CCOC(=O)/C=C(/c1ccccc1)c1ccccc1C. The van der Waals surface area contributed by atoms with Crippen molar-refractivity contribution in [2.45, 2.75) is 13.8 Å². The van der Waals surface area contributed by atoms with E-state index in [1.54, 1.807) is 6.08 Å². The van der Waals surface area contributed by atoms with Crippen molar-refractivity contribution in [1.29, 1.82) is 0 Å². The van der Waals surface area contributed by atoms with Crippen molar-refractivity contribution in [3.8, 4) is 0 Å². The van der Waals surface area contributed by atoms with Gasteiger partial charge in [0.2, 0.25) is 0 Å². The van der Waals surface area contributed by atoms with E-state index in [4.69, 9.17) is 4.74 Å². The van der Waals surface area contributed by atoms with Crippen LogP contribution < -0.4 is 0 Å². The summed E-state index contributed by atoms with van der Waals surface area (Å²) in [5.41, 5.74) is 4.08. The van der Waals surface area contributed by atoms with Crippen LogP contribution in [0.25, 0.3) is 5.57 Å². The molecule has 0 aliphatic heterocycles. The summed E-state index contributed by atoms with van der Waals surface area (Å²) in [6, 6.07) is 17.9. The third-order valence-electron chi connectivity index (χ3n) is 3.07. The summed E-state index contributed by atoms with van der Waals surface area (Å²) in [7, 11) is 0. The highest BCUT2D eigenvalue weighted by molar-refractivity contribution is 5.96. The number of hydrogen-bond acceptors (Lipinski definition) is 2. The summed E-state index contributed by atoms with van der Waals surface area (Å²) in [6.07, 6.45) is 1.57. The maximum Gasteiger partial charge on any atom is 0.331 e. The quantitative estimate of drug-likeness (QED) is 0.618. The van der Waals surface area contributed by atoms with Crippen molar-refractivity contribution in [1.82, 2.24) is 0 Å². The highest BCUT2D eigenvalue weighted by Crippen LogP contribution is 2.26. The van der Waals surface area contributed by atoms with Gasteiger partial charge in [-0.2, -0.15) is 0 Å². The second-order valence-electron chi connectivity index (χ2n) is 4.49. The zero-order chi connectivity index (χ0) is 14.4. The number of hydrogen-bond donors (Lipinski definition) is 0. The zero-order valence-electron chi connectivity index (χ0n) is 11.8. The molecule has 2 aromatic rings. The van der Waals surface area contributed by atoms with E-state index in [2.05, 4.69) is 0 Å². The van der Waals surface area contributed by atoms with Gasteiger partial charge in [-0.25, -0.2) is 4.79 Å². The van der Waals surface area contributed by atoms with Crippen molar-refractivity contribution < 1.29 is 9.53 Å². The largest absolute Gasteiger partial charge is 0.463 e. The van der Waals surface area contributed by atoms with Gasteiger partial charge in [0.25, 0.3) is 0 Å².